The highest BCUT2D eigenvalue weighted by Gasteiger charge is 2.58. The quantitative estimate of drug-likeness (QED) is 0.833. The van der Waals surface area contributed by atoms with E-state index >= 15 is 0 Å². The number of amides is 1. The standard InChI is InChI=1S/C20H36N4O/c1-16-3-4-17(2)24(16)14-11-22-9-12-23(13-10-22)19(25)18-15-20(18)5-7-21-8-6-20/h16-18,21H,3-15H2,1-2H3/t16-,17-,18+/m1/s1. The molecule has 3 heterocycles. The molecule has 1 saturated carbocycles. The minimum absolute atomic E-state index is 0.340. The van der Waals surface area contributed by atoms with Gasteiger partial charge in [-0.1, -0.05) is 0 Å². The molecule has 0 aromatic carbocycles. The van der Waals surface area contributed by atoms with E-state index in [1.807, 2.05) is 0 Å². The van der Waals surface area contributed by atoms with E-state index in [4.69, 9.17) is 0 Å². The number of nitrogens with one attached hydrogen (secondary N) is 1. The van der Waals surface area contributed by atoms with Gasteiger partial charge in [0.2, 0.25) is 5.91 Å². The van der Waals surface area contributed by atoms with Gasteiger partial charge in [0.25, 0.3) is 0 Å². The van der Waals surface area contributed by atoms with E-state index in [9.17, 15) is 4.79 Å². The van der Waals surface area contributed by atoms with Crippen LogP contribution in [0.1, 0.15) is 46.0 Å². The maximum atomic E-state index is 12.9. The van der Waals surface area contributed by atoms with Crippen LogP contribution in [0.5, 0.6) is 0 Å². The van der Waals surface area contributed by atoms with Gasteiger partial charge in [0, 0.05) is 57.3 Å². The van der Waals surface area contributed by atoms with Gasteiger partial charge >= 0.3 is 0 Å². The summed E-state index contributed by atoms with van der Waals surface area (Å²) in [5.41, 5.74) is 0.376. The van der Waals surface area contributed by atoms with E-state index in [2.05, 4.69) is 33.9 Å². The molecule has 5 nitrogen and oxygen atoms in total. The summed E-state index contributed by atoms with van der Waals surface area (Å²) in [5, 5.41) is 3.43. The molecule has 142 valence electrons. The van der Waals surface area contributed by atoms with E-state index in [0.717, 1.165) is 64.3 Å². The fourth-order valence-electron chi connectivity index (χ4n) is 5.53. The Morgan fingerprint density at radius 3 is 2.28 bits per heavy atom. The van der Waals surface area contributed by atoms with Crippen molar-refractivity contribution in [1.29, 1.82) is 0 Å². The fraction of sp³-hybridized carbons (Fsp3) is 0.950. The Balaban J connectivity index is 1.20. The van der Waals surface area contributed by atoms with Crippen molar-refractivity contribution in [2.45, 2.75) is 58.0 Å². The van der Waals surface area contributed by atoms with E-state index < -0.39 is 0 Å². The Morgan fingerprint density at radius 1 is 1.00 bits per heavy atom. The summed E-state index contributed by atoms with van der Waals surface area (Å²) < 4.78 is 0. The number of rotatable bonds is 4. The van der Waals surface area contributed by atoms with Gasteiger partial charge in [-0.2, -0.15) is 0 Å². The second-order valence-corrected chi connectivity index (χ2v) is 9.05. The number of carbonyl (C=O) groups is 1. The number of likely N-dealkylation sites (tertiary alicyclic amines) is 1. The predicted molar refractivity (Wildman–Crippen MR) is 101 cm³/mol. The Morgan fingerprint density at radius 2 is 1.64 bits per heavy atom. The van der Waals surface area contributed by atoms with Crippen LogP contribution in [-0.2, 0) is 4.79 Å². The van der Waals surface area contributed by atoms with Gasteiger partial charge in [-0.25, -0.2) is 0 Å². The zero-order chi connectivity index (χ0) is 17.4. The highest BCUT2D eigenvalue weighted by molar-refractivity contribution is 5.82. The zero-order valence-corrected chi connectivity index (χ0v) is 16.2. The van der Waals surface area contributed by atoms with E-state index in [1.54, 1.807) is 0 Å². The second-order valence-electron chi connectivity index (χ2n) is 9.05. The molecule has 3 aliphatic heterocycles. The van der Waals surface area contributed by atoms with Crippen molar-refractivity contribution < 1.29 is 4.79 Å². The first-order valence-corrected chi connectivity index (χ1v) is 10.6. The van der Waals surface area contributed by atoms with Crippen LogP contribution in [0.2, 0.25) is 0 Å². The minimum Gasteiger partial charge on any atom is -0.340 e. The molecular weight excluding hydrogens is 312 g/mol. The van der Waals surface area contributed by atoms with Crippen molar-refractivity contribution in [3.8, 4) is 0 Å². The summed E-state index contributed by atoms with van der Waals surface area (Å²) in [6, 6.07) is 1.49. The largest absolute Gasteiger partial charge is 0.340 e. The summed E-state index contributed by atoms with van der Waals surface area (Å²) in [7, 11) is 0. The summed E-state index contributed by atoms with van der Waals surface area (Å²) in [6.45, 7) is 13.3. The van der Waals surface area contributed by atoms with E-state index in [-0.39, 0.29) is 0 Å². The molecule has 3 atom stereocenters. The molecule has 1 N–H and O–H groups in total. The van der Waals surface area contributed by atoms with Crippen molar-refractivity contribution >= 4 is 5.91 Å². The first-order valence-electron chi connectivity index (χ1n) is 10.6. The average Bonchev–Trinajstić information content (AvgIpc) is 3.22. The Bertz CT molecular complexity index is 472. The first-order chi connectivity index (χ1) is 12.1. The summed E-state index contributed by atoms with van der Waals surface area (Å²) >= 11 is 0. The van der Waals surface area contributed by atoms with Crippen LogP contribution in [0.4, 0.5) is 0 Å². The molecule has 1 aliphatic carbocycles. The molecule has 5 heteroatoms. The molecule has 0 radical (unpaired) electrons. The number of nitrogens with zero attached hydrogens (tertiary/aromatic N) is 3. The van der Waals surface area contributed by atoms with Crippen molar-refractivity contribution in [3.63, 3.8) is 0 Å². The maximum absolute atomic E-state index is 12.9. The van der Waals surface area contributed by atoms with Gasteiger partial charge in [-0.05, 0) is 64.5 Å². The topological polar surface area (TPSA) is 38.8 Å². The van der Waals surface area contributed by atoms with Gasteiger partial charge in [0.15, 0.2) is 0 Å². The lowest BCUT2D eigenvalue weighted by Crippen LogP contribution is -2.51. The summed E-state index contributed by atoms with van der Waals surface area (Å²) in [5.74, 6) is 0.802. The second kappa shape index (κ2) is 7.16. The molecule has 3 saturated heterocycles. The van der Waals surface area contributed by atoms with E-state index in [0.29, 0.717) is 17.2 Å². The first kappa shape index (κ1) is 17.7. The molecule has 0 bridgehead atoms. The highest BCUT2D eigenvalue weighted by atomic mass is 16.2. The SMILES string of the molecule is C[C@@H]1CC[C@@H](C)N1CCN1CCN(C(=O)[C@@H]2CC23CCNCC3)CC1. The number of hydrogen-bond acceptors (Lipinski definition) is 4. The van der Waals surface area contributed by atoms with Gasteiger partial charge < -0.3 is 10.2 Å². The molecule has 0 aromatic rings. The zero-order valence-electron chi connectivity index (χ0n) is 16.2. The molecule has 0 aromatic heterocycles. The number of carbonyl (C=O) groups excluding carboxylic acids is 1. The monoisotopic (exact) mass is 348 g/mol. The van der Waals surface area contributed by atoms with Crippen LogP contribution in [0.15, 0.2) is 0 Å². The van der Waals surface area contributed by atoms with Crippen LogP contribution in [0, 0.1) is 11.3 Å². The molecule has 4 rings (SSSR count). The van der Waals surface area contributed by atoms with Crippen LogP contribution in [0.25, 0.3) is 0 Å². The fourth-order valence-corrected chi connectivity index (χ4v) is 5.53. The van der Waals surface area contributed by atoms with Crippen LogP contribution < -0.4 is 5.32 Å². The minimum atomic E-state index is 0.340. The highest BCUT2D eigenvalue weighted by Crippen LogP contribution is 2.59. The van der Waals surface area contributed by atoms with Gasteiger partial charge in [0.1, 0.15) is 0 Å². The molecule has 0 unspecified atom stereocenters. The van der Waals surface area contributed by atoms with Crippen LogP contribution in [-0.4, -0.2) is 85.0 Å². The lowest BCUT2D eigenvalue weighted by atomic mass is 9.91. The van der Waals surface area contributed by atoms with Gasteiger partial charge in [-0.15, -0.1) is 0 Å². The molecular formula is C20H36N4O. The number of piperazine rings is 1. The smallest absolute Gasteiger partial charge is 0.226 e. The summed E-state index contributed by atoms with van der Waals surface area (Å²) in [4.78, 5) is 20.3. The normalized spacial score (nSPS) is 36.1. The van der Waals surface area contributed by atoms with Crippen molar-refractivity contribution in [2.24, 2.45) is 11.3 Å². The molecule has 1 spiro atoms. The van der Waals surface area contributed by atoms with Gasteiger partial charge in [0.05, 0.1) is 0 Å². The lowest BCUT2D eigenvalue weighted by molar-refractivity contribution is -0.135. The van der Waals surface area contributed by atoms with Crippen molar-refractivity contribution in [2.75, 3.05) is 52.4 Å². The van der Waals surface area contributed by atoms with Gasteiger partial charge in [-0.3, -0.25) is 14.6 Å². The predicted octanol–water partition coefficient (Wildman–Crippen LogP) is 1.39. The lowest BCUT2D eigenvalue weighted by Gasteiger charge is -2.37. The third-order valence-electron chi connectivity index (χ3n) is 7.58. The molecule has 25 heavy (non-hydrogen) atoms. The summed E-state index contributed by atoms with van der Waals surface area (Å²) in [6.07, 6.45) is 6.26. The molecule has 1 amide bonds. The van der Waals surface area contributed by atoms with Crippen LogP contribution in [0.3, 0.4) is 0 Å². The third kappa shape index (κ3) is 3.60. The molecule has 4 aliphatic rings. The number of hydrogen-bond donors (Lipinski definition) is 1. The Kier molecular flexibility index (Phi) is 5.09. The van der Waals surface area contributed by atoms with Crippen molar-refractivity contribution in [3.05, 3.63) is 0 Å². The average molecular weight is 349 g/mol. The van der Waals surface area contributed by atoms with E-state index in [1.165, 1.54) is 32.2 Å². The Labute approximate surface area is 153 Å². The van der Waals surface area contributed by atoms with Crippen LogP contribution >= 0.6 is 0 Å². The third-order valence-corrected chi connectivity index (χ3v) is 7.58. The maximum Gasteiger partial charge on any atom is 0.226 e. The number of piperidine rings is 1. The molecule has 4 fully saturated rings. The Hall–Kier alpha value is -0.650. The van der Waals surface area contributed by atoms with Crippen molar-refractivity contribution in [1.82, 2.24) is 20.0 Å².